The maximum atomic E-state index is 12.4. The van der Waals surface area contributed by atoms with Crippen LogP contribution in [0, 0.1) is 0 Å². The lowest BCUT2D eigenvalue weighted by molar-refractivity contribution is -0.0908. The third-order valence-electron chi connectivity index (χ3n) is 4.63. The topological polar surface area (TPSA) is 44.8 Å². The van der Waals surface area contributed by atoms with E-state index in [1.807, 2.05) is 12.1 Å². The SMILES string of the molecule is C=C[C@H]1O[C@H]2CCCCO[C@@H]2CC[C@@H]1OC(=O)c1ccc(Br)cc1. The van der Waals surface area contributed by atoms with E-state index in [4.69, 9.17) is 14.2 Å². The van der Waals surface area contributed by atoms with Crippen LogP contribution in [-0.2, 0) is 14.2 Å². The molecule has 0 bridgehead atoms. The first-order chi connectivity index (χ1) is 11.7. The molecule has 130 valence electrons. The fourth-order valence-electron chi connectivity index (χ4n) is 3.31. The monoisotopic (exact) mass is 394 g/mol. The molecule has 0 saturated carbocycles. The normalized spacial score (nSPS) is 30.5. The van der Waals surface area contributed by atoms with Crippen LogP contribution in [0.25, 0.3) is 0 Å². The van der Waals surface area contributed by atoms with E-state index in [1.165, 1.54) is 0 Å². The van der Waals surface area contributed by atoms with Gasteiger partial charge in [0.05, 0.1) is 17.8 Å². The van der Waals surface area contributed by atoms with Gasteiger partial charge in [-0.3, -0.25) is 0 Å². The number of fused-ring (bicyclic) bond motifs is 1. The van der Waals surface area contributed by atoms with Gasteiger partial charge in [0.1, 0.15) is 12.2 Å². The number of halogens is 1. The Balaban J connectivity index is 1.68. The van der Waals surface area contributed by atoms with Crippen LogP contribution in [0.1, 0.15) is 42.5 Å². The highest BCUT2D eigenvalue weighted by Crippen LogP contribution is 2.29. The summed E-state index contributed by atoms with van der Waals surface area (Å²) in [5.41, 5.74) is 0.538. The van der Waals surface area contributed by atoms with Crippen molar-refractivity contribution in [3.63, 3.8) is 0 Å². The lowest BCUT2D eigenvalue weighted by Gasteiger charge is -2.26. The summed E-state index contributed by atoms with van der Waals surface area (Å²) in [6.45, 7) is 4.65. The number of benzene rings is 1. The molecule has 0 spiro atoms. The summed E-state index contributed by atoms with van der Waals surface area (Å²) >= 11 is 3.37. The predicted octanol–water partition coefficient (Wildman–Crippen LogP) is 4.28. The third kappa shape index (κ3) is 4.26. The Kier molecular flexibility index (Phi) is 6.09. The van der Waals surface area contributed by atoms with Gasteiger partial charge in [0.15, 0.2) is 0 Å². The van der Waals surface area contributed by atoms with Gasteiger partial charge in [-0.05, 0) is 56.4 Å². The molecule has 5 heteroatoms. The van der Waals surface area contributed by atoms with Crippen molar-refractivity contribution < 1.29 is 19.0 Å². The number of hydrogen-bond donors (Lipinski definition) is 0. The van der Waals surface area contributed by atoms with Crippen LogP contribution >= 0.6 is 15.9 Å². The van der Waals surface area contributed by atoms with E-state index in [1.54, 1.807) is 18.2 Å². The number of carbonyl (C=O) groups excluding carboxylic acids is 1. The molecule has 1 aromatic carbocycles. The standard InChI is InChI=1S/C19H23BrO4/c1-2-15-18(24-19(21)13-6-8-14(20)9-7-13)11-10-16-17(23-15)5-3-4-12-22-16/h2,6-9,15-18H,1,3-5,10-12H2/t15-,16-,17+,18+/m1/s1. The molecule has 1 aromatic rings. The lowest BCUT2D eigenvalue weighted by atomic mass is 10.0. The third-order valence-corrected chi connectivity index (χ3v) is 5.16. The average Bonchev–Trinajstić information content (AvgIpc) is 2.90. The Morgan fingerprint density at radius 3 is 2.71 bits per heavy atom. The van der Waals surface area contributed by atoms with Gasteiger partial charge >= 0.3 is 5.97 Å². The summed E-state index contributed by atoms with van der Waals surface area (Å²) in [4.78, 5) is 12.4. The van der Waals surface area contributed by atoms with E-state index in [0.29, 0.717) is 5.56 Å². The van der Waals surface area contributed by atoms with Gasteiger partial charge in [0, 0.05) is 11.1 Å². The van der Waals surface area contributed by atoms with Crippen LogP contribution in [0.5, 0.6) is 0 Å². The summed E-state index contributed by atoms with van der Waals surface area (Å²) in [7, 11) is 0. The summed E-state index contributed by atoms with van der Waals surface area (Å²) in [6, 6.07) is 7.16. The molecular weight excluding hydrogens is 372 g/mol. The molecule has 0 unspecified atom stereocenters. The molecule has 0 radical (unpaired) electrons. The highest BCUT2D eigenvalue weighted by atomic mass is 79.9. The second kappa shape index (κ2) is 8.28. The Labute approximate surface area is 151 Å². The Hall–Kier alpha value is -1.17. The maximum absolute atomic E-state index is 12.4. The highest BCUT2D eigenvalue weighted by Gasteiger charge is 2.36. The van der Waals surface area contributed by atoms with Crippen molar-refractivity contribution in [1.82, 2.24) is 0 Å². The zero-order valence-corrected chi connectivity index (χ0v) is 15.2. The highest BCUT2D eigenvalue weighted by molar-refractivity contribution is 9.10. The first-order valence-corrected chi connectivity index (χ1v) is 9.33. The number of ether oxygens (including phenoxy) is 3. The second-order valence-corrected chi connectivity index (χ2v) is 7.22. The molecule has 2 fully saturated rings. The average molecular weight is 395 g/mol. The molecule has 0 aromatic heterocycles. The molecule has 2 aliphatic heterocycles. The smallest absolute Gasteiger partial charge is 0.338 e. The molecule has 4 atom stereocenters. The maximum Gasteiger partial charge on any atom is 0.338 e. The van der Waals surface area contributed by atoms with Crippen molar-refractivity contribution in [2.75, 3.05) is 6.61 Å². The van der Waals surface area contributed by atoms with Gasteiger partial charge in [-0.2, -0.15) is 0 Å². The van der Waals surface area contributed by atoms with Gasteiger partial charge in [-0.15, -0.1) is 6.58 Å². The van der Waals surface area contributed by atoms with E-state index in [9.17, 15) is 4.79 Å². The number of rotatable bonds is 3. The van der Waals surface area contributed by atoms with Crippen molar-refractivity contribution in [2.24, 2.45) is 0 Å². The molecule has 4 nitrogen and oxygen atoms in total. The Bertz CT molecular complexity index is 571. The Morgan fingerprint density at radius 1 is 1.17 bits per heavy atom. The number of hydrogen-bond acceptors (Lipinski definition) is 4. The molecule has 2 aliphatic rings. The van der Waals surface area contributed by atoms with E-state index >= 15 is 0 Å². The van der Waals surface area contributed by atoms with Gasteiger partial charge < -0.3 is 14.2 Å². The van der Waals surface area contributed by atoms with Crippen molar-refractivity contribution in [3.05, 3.63) is 47.0 Å². The fourth-order valence-corrected chi connectivity index (χ4v) is 3.57. The molecule has 0 aliphatic carbocycles. The fraction of sp³-hybridized carbons (Fsp3) is 0.526. The second-order valence-electron chi connectivity index (χ2n) is 6.31. The van der Waals surface area contributed by atoms with E-state index < -0.39 is 0 Å². The lowest BCUT2D eigenvalue weighted by Crippen LogP contribution is -2.34. The van der Waals surface area contributed by atoms with E-state index in [-0.39, 0.29) is 30.4 Å². The van der Waals surface area contributed by atoms with Crippen LogP contribution in [0.4, 0.5) is 0 Å². The summed E-state index contributed by atoms with van der Waals surface area (Å²) in [6.07, 6.45) is 6.02. The molecular formula is C19H23BrO4. The van der Waals surface area contributed by atoms with Gasteiger partial charge in [0.2, 0.25) is 0 Å². The minimum absolute atomic E-state index is 0.0619. The van der Waals surface area contributed by atoms with Crippen LogP contribution in [0.2, 0.25) is 0 Å². The quantitative estimate of drug-likeness (QED) is 0.566. The Morgan fingerprint density at radius 2 is 1.96 bits per heavy atom. The van der Waals surface area contributed by atoms with Crippen LogP contribution in [-0.4, -0.2) is 37.0 Å². The summed E-state index contributed by atoms with van der Waals surface area (Å²) in [5.74, 6) is -0.328. The van der Waals surface area contributed by atoms with E-state index in [0.717, 1.165) is 43.2 Å². The molecule has 2 saturated heterocycles. The largest absolute Gasteiger partial charge is 0.456 e. The van der Waals surface area contributed by atoms with Crippen molar-refractivity contribution in [2.45, 2.75) is 56.5 Å². The first-order valence-electron chi connectivity index (χ1n) is 8.53. The number of esters is 1. The molecule has 0 amide bonds. The van der Waals surface area contributed by atoms with Crippen molar-refractivity contribution >= 4 is 21.9 Å². The minimum atomic E-state index is -0.328. The van der Waals surface area contributed by atoms with Gasteiger partial charge in [-0.25, -0.2) is 4.79 Å². The van der Waals surface area contributed by atoms with Crippen LogP contribution in [0.3, 0.4) is 0 Å². The molecule has 0 N–H and O–H groups in total. The summed E-state index contributed by atoms with van der Waals surface area (Å²) in [5, 5.41) is 0. The first kappa shape index (κ1) is 17.6. The van der Waals surface area contributed by atoms with Gasteiger partial charge in [0.25, 0.3) is 0 Å². The zero-order valence-electron chi connectivity index (χ0n) is 13.7. The van der Waals surface area contributed by atoms with Crippen molar-refractivity contribution in [1.29, 1.82) is 0 Å². The predicted molar refractivity (Wildman–Crippen MR) is 95.0 cm³/mol. The zero-order chi connectivity index (χ0) is 16.9. The summed E-state index contributed by atoms with van der Waals surface area (Å²) < 4.78 is 18.8. The molecule has 24 heavy (non-hydrogen) atoms. The molecule has 3 rings (SSSR count). The minimum Gasteiger partial charge on any atom is -0.456 e. The number of carbonyl (C=O) groups is 1. The van der Waals surface area contributed by atoms with Gasteiger partial charge in [-0.1, -0.05) is 22.0 Å². The molecule has 2 heterocycles. The van der Waals surface area contributed by atoms with Crippen molar-refractivity contribution in [3.8, 4) is 0 Å². The van der Waals surface area contributed by atoms with Crippen LogP contribution in [0.15, 0.2) is 41.4 Å². The van der Waals surface area contributed by atoms with E-state index in [2.05, 4.69) is 22.5 Å². The van der Waals surface area contributed by atoms with Crippen LogP contribution < -0.4 is 0 Å².